The normalized spacial score (nSPS) is 21.6. The van der Waals surface area contributed by atoms with Crippen molar-refractivity contribution in [1.29, 1.82) is 0 Å². The number of hydrogen-bond acceptors (Lipinski definition) is 4. The molecule has 7 heteroatoms. The molecular formula is C13H19N5O2. The fourth-order valence-electron chi connectivity index (χ4n) is 2.92. The SMILES string of the molecule is Cn1ccnc1CCN1C(=O)NC2(CCNCC2)C1=O. The van der Waals surface area contributed by atoms with E-state index < -0.39 is 5.54 Å². The number of aromatic nitrogens is 2. The number of aryl methyl sites for hydroxylation is 1. The number of imide groups is 1. The second-order valence-corrected chi connectivity index (χ2v) is 5.42. The van der Waals surface area contributed by atoms with Crippen LogP contribution in [0.4, 0.5) is 4.79 Å². The van der Waals surface area contributed by atoms with Crippen molar-refractivity contribution in [2.24, 2.45) is 7.05 Å². The Bertz CT molecular complexity index is 533. The monoisotopic (exact) mass is 277 g/mol. The van der Waals surface area contributed by atoms with Gasteiger partial charge in [-0.05, 0) is 25.9 Å². The Labute approximate surface area is 117 Å². The summed E-state index contributed by atoms with van der Waals surface area (Å²) in [5.74, 6) is 0.787. The van der Waals surface area contributed by atoms with Gasteiger partial charge in [0.25, 0.3) is 5.91 Å². The number of imidazole rings is 1. The third-order valence-electron chi connectivity index (χ3n) is 4.18. The molecule has 0 atom stereocenters. The number of rotatable bonds is 3. The lowest BCUT2D eigenvalue weighted by atomic mass is 9.88. The fraction of sp³-hybridized carbons (Fsp3) is 0.615. The number of hydrogen-bond donors (Lipinski definition) is 2. The molecule has 0 radical (unpaired) electrons. The number of piperidine rings is 1. The Morgan fingerprint density at radius 1 is 1.35 bits per heavy atom. The number of carbonyl (C=O) groups is 2. The molecule has 7 nitrogen and oxygen atoms in total. The number of amides is 3. The molecule has 2 saturated heterocycles. The number of carbonyl (C=O) groups excluding carboxylic acids is 2. The highest BCUT2D eigenvalue weighted by atomic mass is 16.2. The predicted octanol–water partition coefficient (Wildman–Crippen LogP) is -0.363. The van der Waals surface area contributed by atoms with Gasteiger partial charge in [-0.3, -0.25) is 9.69 Å². The summed E-state index contributed by atoms with van der Waals surface area (Å²) in [5, 5.41) is 6.10. The van der Waals surface area contributed by atoms with Crippen LogP contribution in [-0.4, -0.2) is 51.6 Å². The molecule has 108 valence electrons. The summed E-state index contributed by atoms with van der Waals surface area (Å²) in [5.41, 5.74) is -0.677. The van der Waals surface area contributed by atoms with Gasteiger partial charge in [0.1, 0.15) is 11.4 Å². The summed E-state index contributed by atoms with van der Waals surface area (Å²) in [6, 6.07) is -0.272. The minimum Gasteiger partial charge on any atom is -0.338 e. The molecule has 0 aromatic carbocycles. The van der Waals surface area contributed by atoms with E-state index in [4.69, 9.17) is 0 Å². The maximum absolute atomic E-state index is 12.5. The van der Waals surface area contributed by atoms with Crippen LogP contribution >= 0.6 is 0 Å². The van der Waals surface area contributed by atoms with Crippen LogP contribution in [0.5, 0.6) is 0 Å². The van der Waals surface area contributed by atoms with Gasteiger partial charge in [-0.1, -0.05) is 0 Å². The fourth-order valence-corrected chi connectivity index (χ4v) is 2.92. The highest BCUT2D eigenvalue weighted by Crippen LogP contribution is 2.26. The Kier molecular flexibility index (Phi) is 3.21. The Balaban J connectivity index is 1.69. The first-order valence-electron chi connectivity index (χ1n) is 6.93. The maximum atomic E-state index is 12.5. The Hall–Kier alpha value is -1.89. The van der Waals surface area contributed by atoms with Crippen LogP contribution in [0.2, 0.25) is 0 Å². The highest BCUT2D eigenvalue weighted by Gasteiger charge is 2.51. The van der Waals surface area contributed by atoms with E-state index in [9.17, 15) is 9.59 Å². The van der Waals surface area contributed by atoms with E-state index >= 15 is 0 Å². The minimum absolute atomic E-state index is 0.0850. The predicted molar refractivity (Wildman–Crippen MR) is 72.0 cm³/mol. The summed E-state index contributed by atoms with van der Waals surface area (Å²) in [4.78, 5) is 30.1. The molecule has 3 amide bonds. The van der Waals surface area contributed by atoms with Crippen LogP contribution < -0.4 is 10.6 Å². The van der Waals surface area contributed by atoms with E-state index in [0.29, 0.717) is 25.8 Å². The van der Waals surface area contributed by atoms with Gasteiger partial charge in [-0.2, -0.15) is 0 Å². The van der Waals surface area contributed by atoms with E-state index in [0.717, 1.165) is 18.9 Å². The summed E-state index contributed by atoms with van der Waals surface area (Å²) < 4.78 is 1.90. The van der Waals surface area contributed by atoms with Crippen LogP contribution in [0.15, 0.2) is 12.4 Å². The van der Waals surface area contributed by atoms with E-state index in [1.165, 1.54) is 4.90 Å². The van der Waals surface area contributed by atoms with E-state index in [1.54, 1.807) is 6.20 Å². The zero-order valence-corrected chi connectivity index (χ0v) is 11.6. The summed E-state index contributed by atoms with van der Waals surface area (Å²) >= 11 is 0. The average molecular weight is 277 g/mol. The van der Waals surface area contributed by atoms with Gasteiger partial charge in [0.15, 0.2) is 0 Å². The lowest BCUT2D eigenvalue weighted by Crippen LogP contribution is -2.53. The maximum Gasteiger partial charge on any atom is 0.325 e. The number of nitrogens with zero attached hydrogens (tertiary/aromatic N) is 3. The molecule has 0 aliphatic carbocycles. The van der Waals surface area contributed by atoms with Crippen molar-refractivity contribution in [1.82, 2.24) is 25.1 Å². The zero-order valence-electron chi connectivity index (χ0n) is 11.6. The largest absolute Gasteiger partial charge is 0.338 e. The van der Waals surface area contributed by atoms with Gasteiger partial charge < -0.3 is 15.2 Å². The van der Waals surface area contributed by atoms with Crippen LogP contribution in [0.3, 0.4) is 0 Å². The molecule has 0 saturated carbocycles. The molecule has 0 unspecified atom stereocenters. The molecule has 2 aliphatic heterocycles. The molecule has 0 bridgehead atoms. The van der Waals surface area contributed by atoms with Crippen LogP contribution in [-0.2, 0) is 18.3 Å². The quantitative estimate of drug-likeness (QED) is 0.739. The van der Waals surface area contributed by atoms with E-state index in [1.807, 2.05) is 17.8 Å². The third-order valence-corrected chi connectivity index (χ3v) is 4.18. The van der Waals surface area contributed by atoms with Gasteiger partial charge in [0, 0.05) is 32.4 Å². The molecule has 2 aliphatic rings. The van der Waals surface area contributed by atoms with Crippen molar-refractivity contribution in [2.45, 2.75) is 24.8 Å². The number of nitrogens with one attached hydrogen (secondary N) is 2. The highest BCUT2D eigenvalue weighted by molar-refractivity contribution is 6.07. The van der Waals surface area contributed by atoms with Crippen LogP contribution in [0.25, 0.3) is 0 Å². The molecule has 1 aromatic heterocycles. The van der Waals surface area contributed by atoms with Gasteiger partial charge in [-0.25, -0.2) is 9.78 Å². The van der Waals surface area contributed by atoms with Gasteiger partial charge in [0.05, 0.1) is 0 Å². The Morgan fingerprint density at radius 3 is 2.75 bits per heavy atom. The van der Waals surface area contributed by atoms with Crippen molar-refractivity contribution in [2.75, 3.05) is 19.6 Å². The lowest BCUT2D eigenvalue weighted by molar-refractivity contribution is -0.132. The molecule has 20 heavy (non-hydrogen) atoms. The molecule has 3 rings (SSSR count). The lowest BCUT2D eigenvalue weighted by Gasteiger charge is -2.31. The summed E-state index contributed by atoms with van der Waals surface area (Å²) in [6.07, 6.45) is 5.48. The first-order chi connectivity index (χ1) is 9.62. The van der Waals surface area contributed by atoms with E-state index in [2.05, 4.69) is 15.6 Å². The molecule has 2 fully saturated rings. The van der Waals surface area contributed by atoms with Crippen LogP contribution in [0.1, 0.15) is 18.7 Å². The first kappa shape index (κ1) is 13.1. The van der Waals surface area contributed by atoms with Crippen LogP contribution in [0, 0.1) is 0 Å². The van der Waals surface area contributed by atoms with Gasteiger partial charge in [0.2, 0.25) is 0 Å². The minimum atomic E-state index is -0.677. The van der Waals surface area contributed by atoms with Crippen molar-refractivity contribution in [3.63, 3.8) is 0 Å². The first-order valence-corrected chi connectivity index (χ1v) is 6.93. The standard InChI is InChI=1S/C13H19N5O2/c1-17-9-7-15-10(17)2-8-18-11(19)13(16-12(18)20)3-5-14-6-4-13/h7,9,14H,2-6,8H2,1H3,(H,16,20). The van der Waals surface area contributed by atoms with E-state index in [-0.39, 0.29) is 11.9 Å². The molecule has 3 heterocycles. The van der Waals surface area contributed by atoms with Gasteiger partial charge >= 0.3 is 6.03 Å². The molecule has 1 spiro atoms. The second kappa shape index (κ2) is 4.90. The average Bonchev–Trinajstić information content (AvgIpc) is 2.93. The van der Waals surface area contributed by atoms with Crippen molar-refractivity contribution in [3.05, 3.63) is 18.2 Å². The van der Waals surface area contributed by atoms with Crippen molar-refractivity contribution < 1.29 is 9.59 Å². The molecular weight excluding hydrogens is 258 g/mol. The summed E-state index contributed by atoms with van der Waals surface area (Å²) in [7, 11) is 1.91. The zero-order chi connectivity index (χ0) is 14.2. The van der Waals surface area contributed by atoms with Crippen molar-refractivity contribution >= 4 is 11.9 Å². The third kappa shape index (κ3) is 2.07. The number of urea groups is 1. The second-order valence-electron chi connectivity index (χ2n) is 5.42. The van der Waals surface area contributed by atoms with Crippen molar-refractivity contribution in [3.8, 4) is 0 Å². The topological polar surface area (TPSA) is 79.3 Å². The molecule has 1 aromatic rings. The smallest absolute Gasteiger partial charge is 0.325 e. The molecule has 2 N–H and O–H groups in total. The summed E-state index contributed by atoms with van der Waals surface area (Å²) in [6.45, 7) is 1.91. The Morgan fingerprint density at radius 2 is 2.10 bits per heavy atom. The van der Waals surface area contributed by atoms with Gasteiger partial charge in [-0.15, -0.1) is 0 Å².